The van der Waals surface area contributed by atoms with Gasteiger partial charge in [-0.3, -0.25) is 0 Å². The van der Waals surface area contributed by atoms with Crippen LogP contribution in [0.3, 0.4) is 0 Å². The van der Waals surface area contributed by atoms with Gasteiger partial charge in [0.2, 0.25) is 0 Å². The fourth-order valence-corrected chi connectivity index (χ4v) is 2.08. The molecule has 0 aromatic heterocycles. The van der Waals surface area contributed by atoms with E-state index >= 15 is 0 Å². The van der Waals surface area contributed by atoms with E-state index in [0.29, 0.717) is 6.61 Å². The van der Waals surface area contributed by atoms with Gasteiger partial charge < -0.3 is 14.8 Å². The molecule has 3 nitrogen and oxygen atoms in total. The van der Waals surface area contributed by atoms with Crippen molar-refractivity contribution in [3.63, 3.8) is 0 Å². The molecule has 0 saturated carbocycles. The Hall–Kier alpha value is -2.16. The first-order valence-electron chi connectivity index (χ1n) is 6.83. The molecule has 0 saturated heterocycles. The highest BCUT2D eigenvalue weighted by Crippen LogP contribution is 2.22. The summed E-state index contributed by atoms with van der Waals surface area (Å²) in [6.45, 7) is 5.49. The van der Waals surface area contributed by atoms with Crippen molar-refractivity contribution in [3.05, 3.63) is 53.6 Å². The van der Waals surface area contributed by atoms with E-state index in [1.165, 1.54) is 5.56 Å². The number of benzene rings is 2. The molecule has 2 rings (SSSR count). The fraction of sp³-hybridized carbons (Fsp3) is 0.294. The highest BCUT2D eigenvalue weighted by molar-refractivity contribution is 5.48. The summed E-state index contributed by atoms with van der Waals surface area (Å²) in [5.74, 6) is 1.81. The van der Waals surface area contributed by atoms with Crippen molar-refractivity contribution in [2.45, 2.75) is 20.4 Å². The SMILES string of the molecule is CCOc1ccc(NCc2cc(C)ccc2OC)cc1. The van der Waals surface area contributed by atoms with Gasteiger partial charge in [-0.05, 0) is 44.2 Å². The van der Waals surface area contributed by atoms with Gasteiger partial charge in [0.05, 0.1) is 13.7 Å². The Kier molecular flexibility index (Phi) is 4.88. The fourth-order valence-electron chi connectivity index (χ4n) is 2.08. The average Bonchev–Trinajstić information content (AvgIpc) is 2.47. The van der Waals surface area contributed by atoms with Crippen molar-refractivity contribution in [2.24, 2.45) is 0 Å². The normalized spacial score (nSPS) is 10.2. The van der Waals surface area contributed by atoms with Crippen molar-refractivity contribution in [1.82, 2.24) is 0 Å². The summed E-state index contributed by atoms with van der Waals surface area (Å²) in [7, 11) is 1.70. The van der Waals surface area contributed by atoms with Gasteiger partial charge in [0.25, 0.3) is 0 Å². The van der Waals surface area contributed by atoms with Crippen LogP contribution in [-0.4, -0.2) is 13.7 Å². The summed E-state index contributed by atoms with van der Waals surface area (Å²) in [6, 6.07) is 14.2. The van der Waals surface area contributed by atoms with Crippen LogP contribution < -0.4 is 14.8 Å². The Balaban J connectivity index is 2.02. The van der Waals surface area contributed by atoms with Crippen LogP contribution in [0, 0.1) is 6.92 Å². The minimum atomic E-state index is 0.688. The Bertz CT molecular complexity index is 549. The second-order valence-electron chi connectivity index (χ2n) is 4.63. The molecule has 2 aromatic rings. The average molecular weight is 271 g/mol. The minimum Gasteiger partial charge on any atom is -0.496 e. The monoisotopic (exact) mass is 271 g/mol. The van der Waals surface area contributed by atoms with E-state index < -0.39 is 0 Å². The Morgan fingerprint density at radius 1 is 1.05 bits per heavy atom. The van der Waals surface area contributed by atoms with Crippen molar-refractivity contribution in [1.29, 1.82) is 0 Å². The molecule has 0 unspecified atom stereocenters. The van der Waals surface area contributed by atoms with Crippen LogP contribution in [0.25, 0.3) is 0 Å². The molecule has 0 radical (unpaired) electrons. The lowest BCUT2D eigenvalue weighted by atomic mass is 10.1. The highest BCUT2D eigenvalue weighted by Gasteiger charge is 2.03. The molecule has 0 spiro atoms. The van der Waals surface area contributed by atoms with E-state index in [4.69, 9.17) is 9.47 Å². The second kappa shape index (κ2) is 6.85. The molecule has 0 atom stereocenters. The van der Waals surface area contributed by atoms with Crippen LogP contribution in [-0.2, 0) is 6.54 Å². The van der Waals surface area contributed by atoms with Crippen molar-refractivity contribution in [3.8, 4) is 11.5 Å². The number of aryl methyl sites for hydroxylation is 1. The molecule has 0 heterocycles. The third-order valence-corrected chi connectivity index (χ3v) is 3.08. The van der Waals surface area contributed by atoms with Gasteiger partial charge in [-0.2, -0.15) is 0 Å². The molecule has 0 amide bonds. The lowest BCUT2D eigenvalue weighted by Crippen LogP contribution is -2.02. The number of ether oxygens (including phenoxy) is 2. The first-order valence-corrected chi connectivity index (χ1v) is 6.83. The zero-order chi connectivity index (χ0) is 14.4. The van der Waals surface area contributed by atoms with Crippen molar-refractivity contribution >= 4 is 5.69 Å². The van der Waals surface area contributed by atoms with Gasteiger partial charge in [0, 0.05) is 17.8 Å². The molecule has 20 heavy (non-hydrogen) atoms. The summed E-state index contributed by atoms with van der Waals surface area (Å²) in [6.07, 6.45) is 0. The van der Waals surface area contributed by atoms with E-state index in [1.807, 2.05) is 37.3 Å². The molecular formula is C17H21NO2. The van der Waals surface area contributed by atoms with Crippen LogP contribution >= 0.6 is 0 Å². The molecule has 0 aliphatic rings. The van der Waals surface area contributed by atoms with Crippen molar-refractivity contribution < 1.29 is 9.47 Å². The summed E-state index contributed by atoms with van der Waals surface area (Å²) in [4.78, 5) is 0. The van der Waals surface area contributed by atoms with Gasteiger partial charge >= 0.3 is 0 Å². The number of rotatable bonds is 6. The lowest BCUT2D eigenvalue weighted by Gasteiger charge is -2.12. The highest BCUT2D eigenvalue weighted by atomic mass is 16.5. The summed E-state index contributed by atoms with van der Waals surface area (Å²) >= 11 is 0. The zero-order valence-electron chi connectivity index (χ0n) is 12.3. The second-order valence-corrected chi connectivity index (χ2v) is 4.63. The smallest absolute Gasteiger partial charge is 0.123 e. The molecule has 2 aromatic carbocycles. The van der Waals surface area contributed by atoms with Gasteiger partial charge in [-0.25, -0.2) is 0 Å². The maximum atomic E-state index is 5.43. The predicted octanol–water partition coefficient (Wildman–Crippen LogP) is 4.01. The van der Waals surface area contributed by atoms with Gasteiger partial charge in [0.15, 0.2) is 0 Å². The lowest BCUT2D eigenvalue weighted by molar-refractivity contribution is 0.340. The number of anilines is 1. The predicted molar refractivity (Wildman–Crippen MR) is 82.7 cm³/mol. The molecular weight excluding hydrogens is 250 g/mol. The van der Waals surface area contributed by atoms with Crippen LogP contribution in [0.4, 0.5) is 5.69 Å². The van der Waals surface area contributed by atoms with Crippen molar-refractivity contribution in [2.75, 3.05) is 19.0 Å². The van der Waals surface area contributed by atoms with E-state index in [1.54, 1.807) is 7.11 Å². The molecule has 0 fully saturated rings. The molecule has 1 N–H and O–H groups in total. The quantitative estimate of drug-likeness (QED) is 0.861. The molecule has 0 aliphatic carbocycles. The van der Waals surface area contributed by atoms with Gasteiger partial charge in [0.1, 0.15) is 11.5 Å². The Labute approximate surface area is 120 Å². The number of methoxy groups -OCH3 is 1. The minimum absolute atomic E-state index is 0.688. The summed E-state index contributed by atoms with van der Waals surface area (Å²) < 4.78 is 10.8. The molecule has 0 aliphatic heterocycles. The third kappa shape index (κ3) is 3.67. The maximum Gasteiger partial charge on any atom is 0.123 e. The number of hydrogen-bond acceptors (Lipinski definition) is 3. The van der Waals surface area contributed by atoms with Crippen LogP contribution in [0.2, 0.25) is 0 Å². The van der Waals surface area contributed by atoms with E-state index in [0.717, 1.165) is 29.3 Å². The van der Waals surface area contributed by atoms with E-state index in [-0.39, 0.29) is 0 Å². The first kappa shape index (κ1) is 14.3. The number of nitrogens with one attached hydrogen (secondary N) is 1. The molecule has 3 heteroatoms. The van der Waals surface area contributed by atoms with Crippen LogP contribution in [0.1, 0.15) is 18.1 Å². The van der Waals surface area contributed by atoms with Gasteiger partial charge in [-0.1, -0.05) is 17.7 Å². The van der Waals surface area contributed by atoms with E-state index in [9.17, 15) is 0 Å². The first-order chi connectivity index (χ1) is 9.72. The number of hydrogen-bond donors (Lipinski definition) is 1. The summed E-state index contributed by atoms with van der Waals surface area (Å²) in [5, 5.41) is 3.40. The largest absolute Gasteiger partial charge is 0.496 e. The van der Waals surface area contributed by atoms with Gasteiger partial charge in [-0.15, -0.1) is 0 Å². The van der Waals surface area contributed by atoms with Crippen LogP contribution in [0.5, 0.6) is 11.5 Å². The third-order valence-electron chi connectivity index (χ3n) is 3.08. The maximum absolute atomic E-state index is 5.43. The standard InChI is InChI=1S/C17H21NO2/c1-4-20-16-8-6-15(7-9-16)18-12-14-11-13(2)5-10-17(14)19-3/h5-11,18H,4,12H2,1-3H3. The summed E-state index contributed by atoms with van der Waals surface area (Å²) in [5.41, 5.74) is 3.45. The topological polar surface area (TPSA) is 30.5 Å². The van der Waals surface area contributed by atoms with Crippen LogP contribution in [0.15, 0.2) is 42.5 Å². The Morgan fingerprint density at radius 2 is 1.80 bits per heavy atom. The molecule has 0 bridgehead atoms. The Morgan fingerprint density at radius 3 is 2.45 bits per heavy atom. The molecule has 106 valence electrons. The van der Waals surface area contributed by atoms with E-state index in [2.05, 4.69) is 24.4 Å². The zero-order valence-corrected chi connectivity index (χ0v) is 12.3.